The van der Waals surface area contributed by atoms with Gasteiger partial charge in [-0.3, -0.25) is 0 Å². The van der Waals surface area contributed by atoms with Gasteiger partial charge in [0.05, 0.1) is 12.1 Å². The Morgan fingerprint density at radius 2 is 1.46 bits per heavy atom. The van der Waals surface area contributed by atoms with Crippen LogP contribution in [-0.2, 0) is 9.16 Å². The van der Waals surface area contributed by atoms with E-state index < -0.39 is 13.9 Å². The Balaban J connectivity index is 1.44. The minimum atomic E-state index is -2.64. The molecule has 2 N–H and O–H groups in total. The summed E-state index contributed by atoms with van der Waals surface area (Å²) in [7, 11) is -2.64. The first-order valence-corrected chi connectivity index (χ1v) is 15.7. The molecule has 0 spiro atoms. The highest BCUT2D eigenvalue weighted by Crippen LogP contribution is 2.44. The zero-order valence-electron chi connectivity index (χ0n) is 22.4. The molecule has 1 unspecified atom stereocenters. The molecule has 0 amide bonds. The number of anilines is 1. The van der Waals surface area contributed by atoms with Crippen molar-refractivity contribution >= 4 is 24.4 Å². The lowest BCUT2D eigenvalue weighted by molar-refractivity contribution is -0.194. The number of hydrogen-bond acceptors (Lipinski definition) is 4. The minimum absolute atomic E-state index is 0.0377. The van der Waals surface area contributed by atoms with Gasteiger partial charge in [0, 0.05) is 24.8 Å². The second-order valence-corrected chi connectivity index (χ2v) is 16.1. The van der Waals surface area contributed by atoms with Crippen molar-refractivity contribution < 1.29 is 14.3 Å². The highest BCUT2D eigenvalue weighted by atomic mass is 28.4. The van der Waals surface area contributed by atoms with Gasteiger partial charge < -0.3 is 19.6 Å². The molecule has 1 saturated carbocycles. The summed E-state index contributed by atoms with van der Waals surface area (Å²) in [6, 6.07) is 31.8. The van der Waals surface area contributed by atoms with Crippen molar-refractivity contribution in [3.63, 3.8) is 0 Å². The highest BCUT2D eigenvalue weighted by molar-refractivity contribution is 6.99. The molecule has 1 saturated heterocycles. The topological polar surface area (TPSA) is 50.7 Å². The van der Waals surface area contributed by atoms with Crippen LogP contribution in [0.2, 0.25) is 5.04 Å². The summed E-state index contributed by atoms with van der Waals surface area (Å²) in [6.45, 7) is 8.22. The summed E-state index contributed by atoms with van der Waals surface area (Å²) in [6.07, 6.45) is 3.23. The second-order valence-electron chi connectivity index (χ2n) is 11.8. The Kier molecular flexibility index (Phi) is 7.60. The van der Waals surface area contributed by atoms with Crippen molar-refractivity contribution in [3.05, 3.63) is 91.0 Å². The molecule has 2 fully saturated rings. The lowest BCUT2D eigenvalue weighted by Gasteiger charge is -2.53. The fourth-order valence-electron chi connectivity index (χ4n) is 6.65. The first-order valence-electron chi connectivity index (χ1n) is 13.8. The molecule has 2 aliphatic rings. The Hall–Kier alpha value is -2.44. The zero-order valence-corrected chi connectivity index (χ0v) is 23.4. The second kappa shape index (κ2) is 10.7. The molecular weight excluding hydrogens is 474 g/mol. The summed E-state index contributed by atoms with van der Waals surface area (Å²) in [5, 5.41) is 18.2. The van der Waals surface area contributed by atoms with Crippen LogP contribution in [0.5, 0.6) is 0 Å². The largest absolute Gasteiger partial charge is 0.407 e. The van der Waals surface area contributed by atoms with E-state index >= 15 is 0 Å². The molecule has 3 aromatic rings. The monoisotopic (exact) mass is 515 g/mol. The fourth-order valence-corrected chi connectivity index (χ4v) is 11.3. The quantitative estimate of drug-likeness (QED) is 0.416. The van der Waals surface area contributed by atoms with Crippen LogP contribution in [-0.4, -0.2) is 44.4 Å². The van der Waals surface area contributed by atoms with Gasteiger partial charge in [-0.1, -0.05) is 99.6 Å². The van der Waals surface area contributed by atoms with Crippen LogP contribution in [0.15, 0.2) is 91.0 Å². The molecule has 4 nitrogen and oxygen atoms in total. The van der Waals surface area contributed by atoms with Crippen LogP contribution < -0.4 is 15.7 Å². The maximum atomic E-state index is 12.1. The molecular formula is C32H41NO3Si. The van der Waals surface area contributed by atoms with Gasteiger partial charge >= 0.3 is 0 Å². The molecule has 0 aromatic heterocycles. The molecule has 1 aliphatic carbocycles. The van der Waals surface area contributed by atoms with Crippen LogP contribution in [0.1, 0.15) is 46.5 Å². The van der Waals surface area contributed by atoms with Crippen molar-refractivity contribution in [2.75, 3.05) is 18.5 Å². The van der Waals surface area contributed by atoms with Crippen molar-refractivity contribution in [3.8, 4) is 0 Å². The number of aliphatic hydroxyl groups is 1. The molecule has 0 radical (unpaired) electrons. The number of nitrogens with one attached hydrogen (secondary N) is 1. The van der Waals surface area contributed by atoms with E-state index in [1.165, 1.54) is 10.4 Å². The molecule has 5 heteroatoms. The van der Waals surface area contributed by atoms with Gasteiger partial charge in [-0.15, -0.1) is 0 Å². The number of para-hydroxylation sites is 1. The Bertz CT molecular complexity index is 1100. The van der Waals surface area contributed by atoms with Gasteiger partial charge in [-0.2, -0.15) is 0 Å². The maximum absolute atomic E-state index is 12.1. The van der Waals surface area contributed by atoms with Crippen molar-refractivity contribution in [1.82, 2.24) is 0 Å². The molecule has 37 heavy (non-hydrogen) atoms. The van der Waals surface area contributed by atoms with Gasteiger partial charge in [0.15, 0.2) is 0 Å². The van der Waals surface area contributed by atoms with Crippen LogP contribution >= 0.6 is 0 Å². The van der Waals surface area contributed by atoms with E-state index in [4.69, 9.17) is 9.16 Å². The number of rotatable bonds is 7. The fraction of sp³-hybridized carbons (Fsp3) is 0.438. The number of benzene rings is 3. The van der Waals surface area contributed by atoms with Gasteiger partial charge in [0.1, 0.15) is 5.60 Å². The molecule has 1 heterocycles. The normalized spacial score (nSPS) is 26.3. The summed E-state index contributed by atoms with van der Waals surface area (Å²) in [4.78, 5) is 0. The Labute approximate surface area is 223 Å². The van der Waals surface area contributed by atoms with Gasteiger partial charge in [-0.05, 0) is 53.2 Å². The molecule has 3 aromatic carbocycles. The SMILES string of the molecule is CC(C)(C)[Si](OCC1CC[C@@H](Nc2ccccc2)[C@@]2(O)CCCO[C@H]12)(c1ccccc1)c1ccccc1. The van der Waals surface area contributed by atoms with Crippen LogP contribution in [0.4, 0.5) is 5.69 Å². The summed E-state index contributed by atoms with van der Waals surface area (Å²) in [5.41, 5.74) is 0.137. The number of ether oxygens (including phenoxy) is 1. The van der Waals surface area contributed by atoms with E-state index in [1.54, 1.807) is 0 Å². The standard InChI is InChI=1S/C32H41NO3Si/c1-31(2,3)37(27-16-9-5-10-17-27,28-18-11-6-12-19-28)36-24-25-20-21-29(33-26-14-7-4-8-15-26)32(34)22-13-23-35-30(25)32/h4-12,14-19,25,29-30,33-34H,13,20-24H2,1-3H3/t25?,29-,30-,32+/m1/s1. The van der Waals surface area contributed by atoms with E-state index in [2.05, 4.69) is 98.9 Å². The zero-order chi connectivity index (χ0) is 25.9. The third-order valence-electron chi connectivity index (χ3n) is 8.41. The Morgan fingerprint density at radius 1 is 0.892 bits per heavy atom. The predicted octanol–water partition coefficient (Wildman–Crippen LogP) is 5.36. The molecule has 1 aliphatic heterocycles. The van der Waals surface area contributed by atoms with E-state index in [0.717, 1.165) is 31.4 Å². The van der Waals surface area contributed by atoms with Crippen LogP contribution in [0.3, 0.4) is 0 Å². The number of hydrogen-bond donors (Lipinski definition) is 2. The third-order valence-corrected chi connectivity index (χ3v) is 13.4. The Morgan fingerprint density at radius 3 is 2.03 bits per heavy atom. The maximum Gasteiger partial charge on any atom is 0.261 e. The van der Waals surface area contributed by atoms with Crippen molar-refractivity contribution in [2.24, 2.45) is 5.92 Å². The van der Waals surface area contributed by atoms with Gasteiger partial charge in [-0.25, -0.2) is 0 Å². The van der Waals surface area contributed by atoms with Gasteiger partial charge in [0.2, 0.25) is 0 Å². The average molecular weight is 516 g/mol. The molecule has 5 rings (SSSR count). The minimum Gasteiger partial charge on any atom is -0.407 e. The lowest BCUT2D eigenvalue weighted by Crippen LogP contribution is -2.68. The van der Waals surface area contributed by atoms with Crippen LogP contribution in [0.25, 0.3) is 0 Å². The van der Waals surface area contributed by atoms with E-state index in [0.29, 0.717) is 13.2 Å². The first-order chi connectivity index (χ1) is 17.8. The van der Waals surface area contributed by atoms with Crippen molar-refractivity contribution in [2.45, 2.75) is 69.2 Å². The summed E-state index contributed by atoms with van der Waals surface area (Å²) >= 11 is 0. The van der Waals surface area contributed by atoms with Crippen LogP contribution in [0, 0.1) is 5.92 Å². The van der Waals surface area contributed by atoms with Gasteiger partial charge in [0.25, 0.3) is 8.32 Å². The summed E-state index contributed by atoms with van der Waals surface area (Å²) < 4.78 is 13.7. The molecule has 4 atom stereocenters. The molecule has 196 valence electrons. The third kappa shape index (κ3) is 5.02. The van der Waals surface area contributed by atoms with E-state index in [-0.39, 0.29) is 23.1 Å². The predicted molar refractivity (Wildman–Crippen MR) is 154 cm³/mol. The lowest BCUT2D eigenvalue weighted by atomic mass is 9.69. The van der Waals surface area contributed by atoms with E-state index in [1.807, 2.05) is 18.2 Å². The molecule has 0 bridgehead atoms. The average Bonchev–Trinajstić information content (AvgIpc) is 2.91. The first kappa shape index (κ1) is 26.2. The van der Waals surface area contributed by atoms with E-state index in [9.17, 15) is 5.11 Å². The highest BCUT2D eigenvalue weighted by Gasteiger charge is 2.55. The smallest absolute Gasteiger partial charge is 0.261 e. The number of fused-ring (bicyclic) bond motifs is 1. The summed E-state index contributed by atoms with van der Waals surface area (Å²) in [5.74, 6) is 0.140. The van der Waals surface area contributed by atoms with Crippen molar-refractivity contribution in [1.29, 1.82) is 0 Å².